The molecule has 1 aromatic rings. The maximum atomic E-state index is 11.8. The molecule has 0 saturated heterocycles. The molecule has 8 nitrogen and oxygen atoms in total. The van der Waals surface area contributed by atoms with Crippen molar-refractivity contribution in [2.45, 2.75) is 11.3 Å². The van der Waals surface area contributed by atoms with Gasteiger partial charge >= 0.3 is 0 Å². The molecule has 2 rings (SSSR count). The fraction of sp³-hybridized carbons (Fsp3) is 0.167. The number of aliphatic hydroxyl groups excluding tert-OH is 1. The number of nitrogens with two attached hydrogens (primary N) is 1. The molecule has 1 heterocycles. The van der Waals surface area contributed by atoms with Crippen molar-refractivity contribution in [2.24, 2.45) is 5.14 Å². The van der Waals surface area contributed by atoms with Crippen molar-refractivity contribution in [2.75, 3.05) is 11.9 Å². The Labute approximate surface area is 120 Å². The lowest BCUT2D eigenvalue weighted by molar-refractivity contribution is -0.132. The SMILES string of the molecule is NS(=O)(=O)c1ccc(NC(=O)CN2C(=O)CC=C2O)cc1. The van der Waals surface area contributed by atoms with Crippen molar-refractivity contribution in [3.63, 3.8) is 0 Å². The highest BCUT2D eigenvalue weighted by molar-refractivity contribution is 7.89. The molecule has 2 amide bonds. The van der Waals surface area contributed by atoms with Crippen molar-refractivity contribution < 1.29 is 23.1 Å². The Kier molecular flexibility index (Phi) is 3.96. The zero-order valence-electron chi connectivity index (χ0n) is 10.8. The lowest BCUT2D eigenvalue weighted by Crippen LogP contribution is -2.34. The Morgan fingerprint density at radius 2 is 1.95 bits per heavy atom. The lowest BCUT2D eigenvalue weighted by Gasteiger charge is -2.15. The van der Waals surface area contributed by atoms with Crippen molar-refractivity contribution in [3.8, 4) is 0 Å². The van der Waals surface area contributed by atoms with Gasteiger partial charge in [0.05, 0.1) is 11.3 Å². The van der Waals surface area contributed by atoms with Gasteiger partial charge in [-0.15, -0.1) is 0 Å². The largest absolute Gasteiger partial charge is 0.495 e. The number of anilines is 1. The van der Waals surface area contributed by atoms with Crippen LogP contribution in [0.15, 0.2) is 41.1 Å². The van der Waals surface area contributed by atoms with E-state index in [1.54, 1.807) is 0 Å². The van der Waals surface area contributed by atoms with Gasteiger partial charge in [-0.3, -0.25) is 14.5 Å². The molecule has 0 bridgehead atoms. The molecule has 0 aliphatic carbocycles. The number of amides is 2. The van der Waals surface area contributed by atoms with E-state index >= 15 is 0 Å². The van der Waals surface area contributed by atoms with Gasteiger partial charge in [0, 0.05) is 5.69 Å². The Balaban J connectivity index is 2.00. The minimum atomic E-state index is -3.79. The fourth-order valence-corrected chi connectivity index (χ4v) is 2.28. The van der Waals surface area contributed by atoms with Gasteiger partial charge in [-0.25, -0.2) is 13.6 Å². The van der Waals surface area contributed by atoms with E-state index in [4.69, 9.17) is 5.14 Å². The van der Waals surface area contributed by atoms with Crippen LogP contribution in [0, 0.1) is 0 Å². The fourth-order valence-electron chi connectivity index (χ4n) is 1.77. The van der Waals surface area contributed by atoms with E-state index in [2.05, 4.69) is 5.32 Å². The van der Waals surface area contributed by atoms with Crippen LogP contribution < -0.4 is 10.5 Å². The first-order chi connectivity index (χ1) is 9.77. The predicted molar refractivity (Wildman–Crippen MR) is 73.5 cm³/mol. The molecule has 0 atom stereocenters. The van der Waals surface area contributed by atoms with Crippen LogP contribution in [0.4, 0.5) is 5.69 Å². The number of aliphatic hydroxyl groups is 1. The van der Waals surface area contributed by atoms with Gasteiger partial charge in [-0.1, -0.05) is 0 Å². The second-order valence-electron chi connectivity index (χ2n) is 4.36. The quantitative estimate of drug-likeness (QED) is 0.715. The predicted octanol–water partition coefficient (Wildman–Crippen LogP) is -0.0958. The topological polar surface area (TPSA) is 130 Å². The molecule has 0 fully saturated rings. The third kappa shape index (κ3) is 3.58. The summed E-state index contributed by atoms with van der Waals surface area (Å²) in [6, 6.07) is 5.25. The van der Waals surface area contributed by atoms with Crippen LogP contribution >= 0.6 is 0 Å². The molecule has 0 aromatic heterocycles. The minimum Gasteiger partial charge on any atom is -0.495 e. The molecule has 0 spiro atoms. The Hall–Kier alpha value is -2.39. The van der Waals surface area contributed by atoms with Gasteiger partial charge in [0.25, 0.3) is 0 Å². The summed E-state index contributed by atoms with van der Waals surface area (Å²) in [6.07, 6.45) is 1.37. The molecule has 0 unspecified atom stereocenters. The van der Waals surface area contributed by atoms with Gasteiger partial charge in [-0.2, -0.15) is 0 Å². The summed E-state index contributed by atoms with van der Waals surface area (Å²) >= 11 is 0. The van der Waals surface area contributed by atoms with E-state index < -0.39 is 15.9 Å². The minimum absolute atomic E-state index is 0.0577. The summed E-state index contributed by atoms with van der Waals surface area (Å²) in [6.45, 7) is -0.321. The number of nitrogens with one attached hydrogen (secondary N) is 1. The number of carbonyl (C=O) groups is 2. The summed E-state index contributed by atoms with van der Waals surface area (Å²) in [5, 5.41) is 16.8. The third-order valence-corrected chi connectivity index (χ3v) is 3.73. The number of benzene rings is 1. The molecule has 0 radical (unpaired) electrons. The second-order valence-corrected chi connectivity index (χ2v) is 5.93. The number of primary sulfonamides is 1. The Bertz CT molecular complexity index is 709. The summed E-state index contributed by atoms with van der Waals surface area (Å²) in [5.74, 6) is -1.14. The Morgan fingerprint density at radius 3 is 2.43 bits per heavy atom. The first-order valence-corrected chi connectivity index (χ1v) is 7.44. The van der Waals surface area contributed by atoms with Crippen molar-refractivity contribution in [3.05, 3.63) is 36.2 Å². The number of carbonyl (C=O) groups excluding carboxylic acids is 2. The number of hydrogen-bond acceptors (Lipinski definition) is 5. The van der Waals surface area contributed by atoms with Crippen LogP contribution in [0.25, 0.3) is 0 Å². The number of nitrogens with zero attached hydrogens (tertiary/aromatic N) is 1. The lowest BCUT2D eigenvalue weighted by atomic mass is 10.3. The highest BCUT2D eigenvalue weighted by Gasteiger charge is 2.25. The second kappa shape index (κ2) is 5.54. The van der Waals surface area contributed by atoms with Crippen LogP contribution in [0.3, 0.4) is 0 Å². The number of hydrogen-bond donors (Lipinski definition) is 3. The molecule has 4 N–H and O–H groups in total. The van der Waals surface area contributed by atoms with Crippen LogP contribution in [0.1, 0.15) is 6.42 Å². The zero-order valence-corrected chi connectivity index (χ0v) is 11.6. The Morgan fingerprint density at radius 1 is 1.33 bits per heavy atom. The zero-order chi connectivity index (χ0) is 15.6. The average molecular weight is 311 g/mol. The highest BCUT2D eigenvalue weighted by Crippen LogP contribution is 2.15. The van der Waals surface area contributed by atoms with E-state index in [1.807, 2.05) is 0 Å². The van der Waals surface area contributed by atoms with E-state index in [1.165, 1.54) is 30.3 Å². The van der Waals surface area contributed by atoms with Crippen LogP contribution in [-0.4, -0.2) is 36.8 Å². The number of sulfonamides is 1. The van der Waals surface area contributed by atoms with Gasteiger partial charge < -0.3 is 10.4 Å². The maximum absolute atomic E-state index is 11.8. The van der Waals surface area contributed by atoms with E-state index in [9.17, 15) is 23.1 Å². The van der Waals surface area contributed by atoms with E-state index in [-0.39, 0.29) is 29.7 Å². The highest BCUT2D eigenvalue weighted by atomic mass is 32.2. The van der Waals surface area contributed by atoms with Gasteiger partial charge in [0.1, 0.15) is 6.54 Å². The molecule has 112 valence electrons. The van der Waals surface area contributed by atoms with Crippen molar-refractivity contribution >= 4 is 27.5 Å². The molecule has 1 aliphatic heterocycles. The number of rotatable bonds is 4. The molecule has 0 saturated carbocycles. The van der Waals surface area contributed by atoms with E-state index in [0.717, 1.165) is 4.90 Å². The van der Waals surface area contributed by atoms with Crippen LogP contribution in [0.5, 0.6) is 0 Å². The van der Waals surface area contributed by atoms with Crippen molar-refractivity contribution in [1.82, 2.24) is 4.90 Å². The van der Waals surface area contributed by atoms with Gasteiger partial charge in [-0.05, 0) is 30.3 Å². The van der Waals surface area contributed by atoms with Crippen LogP contribution in [0.2, 0.25) is 0 Å². The maximum Gasteiger partial charge on any atom is 0.244 e. The normalized spacial score (nSPS) is 15.0. The molecular formula is C12H13N3O5S. The standard InChI is InChI=1S/C12H13N3O5S/c13-21(19,20)9-3-1-8(2-4-9)14-10(16)7-15-11(17)5-6-12(15)18/h1-5,17H,6-7H2,(H,14,16)(H2,13,19,20). The molecule has 1 aromatic carbocycles. The summed E-state index contributed by atoms with van der Waals surface area (Å²) in [5.41, 5.74) is 0.350. The summed E-state index contributed by atoms with van der Waals surface area (Å²) in [4.78, 5) is 24.0. The average Bonchev–Trinajstić information content (AvgIpc) is 2.70. The molecule has 9 heteroatoms. The summed E-state index contributed by atoms with van der Waals surface area (Å²) in [7, 11) is -3.79. The van der Waals surface area contributed by atoms with Crippen LogP contribution in [-0.2, 0) is 19.6 Å². The molecule has 21 heavy (non-hydrogen) atoms. The van der Waals surface area contributed by atoms with Gasteiger partial charge in [0.2, 0.25) is 21.8 Å². The smallest absolute Gasteiger partial charge is 0.244 e. The first kappa shape index (κ1) is 15.0. The van der Waals surface area contributed by atoms with E-state index in [0.29, 0.717) is 5.69 Å². The third-order valence-electron chi connectivity index (χ3n) is 2.81. The first-order valence-electron chi connectivity index (χ1n) is 5.89. The molecular weight excluding hydrogens is 298 g/mol. The molecule has 1 aliphatic rings. The summed E-state index contributed by atoms with van der Waals surface area (Å²) < 4.78 is 22.2. The van der Waals surface area contributed by atoms with Crippen molar-refractivity contribution in [1.29, 1.82) is 0 Å². The monoisotopic (exact) mass is 311 g/mol. The van der Waals surface area contributed by atoms with Gasteiger partial charge in [0.15, 0.2) is 5.88 Å².